The molecule has 1 rings (SSSR count). The average molecular weight is 254 g/mol. The van der Waals surface area contributed by atoms with E-state index in [2.05, 4.69) is 4.90 Å². The third kappa shape index (κ3) is 5.73. The smallest absolute Gasteiger partial charge is 0.147 e. The monoisotopic (exact) mass is 253 g/mol. The predicted octanol–water partition coefficient (Wildman–Crippen LogP) is 1.37. The number of sulfone groups is 1. The van der Waals surface area contributed by atoms with Crippen LogP contribution in [0.5, 0.6) is 0 Å². The van der Waals surface area contributed by atoms with Gasteiger partial charge in [-0.15, -0.1) is 11.6 Å². The summed E-state index contributed by atoms with van der Waals surface area (Å²) in [7, 11) is -2.80. The zero-order chi connectivity index (χ0) is 11.3. The molecule has 1 aliphatic rings. The first kappa shape index (κ1) is 13.3. The van der Waals surface area contributed by atoms with Crippen LogP contribution in [0.15, 0.2) is 0 Å². The molecule has 0 bridgehead atoms. The Morgan fingerprint density at radius 2 is 2.20 bits per heavy atom. The third-order valence-corrected chi connectivity index (χ3v) is 4.28. The Balaban J connectivity index is 2.21. The van der Waals surface area contributed by atoms with Crippen molar-refractivity contribution in [3.63, 3.8) is 0 Å². The largest absolute Gasteiger partial charge is 0.303 e. The second-order valence-corrected chi connectivity index (χ2v) is 7.01. The predicted molar refractivity (Wildman–Crippen MR) is 64.2 cm³/mol. The number of hydrogen-bond donors (Lipinski definition) is 0. The topological polar surface area (TPSA) is 37.4 Å². The van der Waals surface area contributed by atoms with Crippen molar-refractivity contribution in [3.05, 3.63) is 0 Å². The van der Waals surface area contributed by atoms with Crippen molar-refractivity contribution < 1.29 is 8.42 Å². The van der Waals surface area contributed by atoms with E-state index < -0.39 is 9.84 Å². The number of halogens is 1. The van der Waals surface area contributed by atoms with Gasteiger partial charge >= 0.3 is 0 Å². The van der Waals surface area contributed by atoms with E-state index in [4.69, 9.17) is 11.6 Å². The van der Waals surface area contributed by atoms with Crippen LogP contribution >= 0.6 is 11.6 Å². The van der Waals surface area contributed by atoms with Crippen LogP contribution in [0.3, 0.4) is 0 Å². The van der Waals surface area contributed by atoms with Crippen LogP contribution in [0.4, 0.5) is 0 Å². The lowest BCUT2D eigenvalue weighted by Gasteiger charge is -2.31. The number of alkyl halides is 1. The molecule has 0 amide bonds. The highest BCUT2D eigenvalue weighted by atomic mass is 35.5. The highest BCUT2D eigenvalue weighted by Crippen LogP contribution is 2.17. The van der Waals surface area contributed by atoms with Crippen LogP contribution < -0.4 is 0 Å². The standard InChI is InChI=1S/C10H20ClNO2S/c1-15(13,14)7-3-6-12-5-2-4-10(8-11)9-12/h10H,2-9H2,1H3. The first-order valence-electron chi connectivity index (χ1n) is 5.47. The Morgan fingerprint density at radius 1 is 1.47 bits per heavy atom. The van der Waals surface area contributed by atoms with Crippen molar-refractivity contribution in [2.75, 3.05) is 37.5 Å². The van der Waals surface area contributed by atoms with E-state index in [9.17, 15) is 8.42 Å². The summed E-state index contributed by atoms with van der Waals surface area (Å²) < 4.78 is 21.9. The molecule has 0 saturated carbocycles. The first-order chi connectivity index (χ1) is 7.01. The van der Waals surface area contributed by atoms with Crippen LogP contribution in [0.25, 0.3) is 0 Å². The summed E-state index contributed by atoms with van der Waals surface area (Å²) in [6.45, 7) is 3.02. The molecular weight excluding hydrogens is 234 g/mol. The van der Waals surface area contributed by atoms with E-state index >= 15 is 0 Å². The van der Waals surface area contributed by atoms with Crippen molar-refractivity contribution in [2.24, 2.45) is 5.92 Å². The van der Waals surface area contributed by atoms with Crippen LogP contribution in [-0.4, -0.2) is 50.8 Å². The molecule has 0 spiro atoms. The van der Waals surface area contributed by atoms with Gasteiger partial charge in [-0.1, -0.05) is 0 Å². The second kappa shape index (κ2) is 6.06. The molecule has 15 heavy (non-hydrogen) atoms. The Labute approximate surface area is 97.7 Å². The maximum Gasteiger partial charge on any atom is 0.147 e. The summed E-state index contributed by atoms with van der Waals surface area (Å²) in [6, 6.07) is 0. The van der Waals surface area contributed by atoms with Crippen molar-refractivity contribution >= 4 is 21.4 Å². The molecule has 1 saturated heterocycles. The Hall–Kier alpha value is 0.200. The van der Waals surface area contributed by atoms with Crippen molar-refractivity contribution in [3.8, 4) is 0 Å². The van der Waals surface area contributed by atoms with Gasteiger partial charge in [0.25, 0.3) is 0 Å². The molecule has 0 aromatic rings. The third-order valence-electron chi connectivity index (χ3n) is 2.81. The number of hydrogen-bond acceptors (Lipinski definition) is 3. The fraction of sp³-hybridized carbons (Fsp3) is 1.00. The quantitative estimate of drug-likeness (QED) is 0.695. The van der Waals surface area contributed by atoms with E-state index in [0.29, 0.717) is 11.7 Å². The maximum absolute atomic E-state index is 11.0. The minimum Gasteiger partial charge on any atom is -0.303 e. The van der Waals surface area contributed by atoms with Gasteiger partial charge in [0.1, 0.15) is 9.84 Å². The van der Waals surface area contributed by atoms with Gasteiger partial charge < -0.3 is 4.90 Å². The summed E-state index contributed by atoms with van der Waals surface area (Å²) in [4.78, 5) is 2.34. The highest BCUT2D eigenvalue weighted by molar-refractivity contribution is 7.90. The van der Waals surface area contributed by atoms with Gasteiger partial charge in [-0.3, -0.25) is 0 Å². The summed E-state index contributed by atoms with van der Waals surface area (Å²) in [5.74, 6) is 1.62. The van der Waals surface area contributed by atoms with Crippen LogP contribution in [-0.2, 0) is 9.84 Å². The van der Waals surface area contributed by atoms with E-state index in [-0.39, 0.29) is 0 Å². The van der Waals surface area contributed by atoms with Gasteiger partial charge in [-0.05, 0) is 38.3 Å². The molecule has 1 aliphatic heterocycles. The van der Waals surface area contributed by atoms with E-state index in [1.54, 1.807) is 0 Å². The molecule has 1 atom stereocenters. The van der Waals surface area contributed by atoms with Gasteiger partial charge in [0, 0.05) is 18.7 Å². The first-order valence-corrected chi connectivity index (χ1v) is 8.07. The molecule has 0 radical (unpaired) electrons. The summed E-state index contributed by atoms with van der Waals surface area (Å²) in [6.07, 6.45) is 4.45. The zero-order valence-electron chi connectivity index (χ0n) is 9.28. The van der Waals surface area contributed by atoms with Gasteiger partial charge in [0.15, 0.2) is 0 Å². The van der Waals surface area contributed by atoms with Gasteiger partial charge in [-0.25, -0.2) is 8.42 Å². The number of rotatable bonds is 5. The van der Waals surface area contributed by atoms with E-state index in [1.807, 2.05) is 0 Å². The lowest BCUT2D eigenvalue weighted by molar-refractivity contribution is 0.186. The van der Waals surface area contributed by atoms with E-state index in [1.165, 1.54) is 19.1 Å². The van der Waals surface area contributed by atoms with Crippen LogP contribution in [0.2, 0.25) is 0 Å². The minimum atomic E-state index is -2.80. The minimum absolute atomic E-state index is 0.301. The molecular formula is C10H20ClNO2S. The normalized spacial score (nSPS) is 24.3. The van der Waals surface area contributed by atoms with Gasteiger partial charge in [-0.2, -0.15) is 0 Å². The molecule has 90 valence electrons. The number of nitrogens with zero attached hydrogens (tertiary/aromatic N) is 1. The second-order valence-electron chi connectivity index (χ2n) is 4.45. The Morgan fingerprint density at radius 3 is 2.80 bits per heavy atom. The van der Waals surface area contributed by atoms with Crippen LogP contribution in [0, 0.1) is 5.92 Å². The maximum atomic E-state index is 11.0. The summed E-state index contributed by atoms with van der Waals surface area (Å²) in [5.41, 5.74) is 0. The SMILES string of the molecule is CS(=O)(=O)CCCN1CCCC(CCl)C1. The molecule has 3 nitrogen and oxygen atoms in total. The molecule has 0 aliphatic carbocycles. The lowest BCUT2D eigenvalue weighted by atomic mass is 10.00. The highest BCUT2D eigenvalue weighted by Gasteiger charge is 2.18. The molecule has 1 heterocycles. The van der Waals surface area contributed by atoms with Crippen molar-refractivity contribution in [1.82, 2.24) is 4.90 Å². The molecule has 0 aromatic carbocycles. The summed E-state index contributed by atoms with van der Waals surface area (Å²) >= 11 is 5.83. The number of piperidine rings is 1. The van der Waals surface area contributed by atoms with Crippen LogP contribution in [0.1, 0.15) is 19.3 Å². The molecule has 5 heteroatoms. The van der Waals surface area contributed by atoms with E-state index in [0.717, 1.165) is 31.9 Å². The summed E-state index contributed by atoms with van der Waals surface area (Å²) in [5, 5.41) is 0. The van der Waals surface area contributed by atoms with Gasteiger partial charge in [0.05, 0.1) is 5.75 Å². The molecule has 1 fully saturated rings. The van der Waals surface area contributed by atoms with Crippen molar-refractivity contribution in [2.45, 2.75) is 19.3 Å². The number of likely N-dealkylation sites (tertiary alicyclic amines) is 1. The van der Waals surface area contributed by atoms with Crippen molar-refractivity contribution in [1.29, 1.82) is 0 Å². The molecule has 1 unspecified atom stereocenters. The Kier molecular flexibility index (Phi) is 5.36. The Bertz CT molecular complexity index is 279. The average Bonchev–Trinajstić information content (AvgIpc) is 2.16. The molecule has 0 N–H and O–H groups in total. The lowest BCUT2D eigenvalue weighted by Crippen LogP contribution is -2.37. The zero-order valence-corrected chi connectivity index (χ0v) is 10.9. The molecule has 0 aromatic heterocycles. The van der Waals surface area contributed by atoms with Gasteiger partial charge in [0.2, 0.25) is 0 Å². The fourth-order valence-corrected chi connectivity index (χ4v) is 2.94. The fourth-order valence-electron chi connectivity index (χ4n) is 2.03.